The van der Waals surface area contributed by atoms with E-state index in [4.69, 9.17) is 0 Å². The minimum Gasteiger partial charge on any atom is -0.313 e. The zero-order valence-corrected chi connectivity index (χ0v) is 12.4. The van der Waals surface area contributed by atoms with Crippen LogP contribution in [0.3, 0.4) is 0 Å². The Morgan fingerprint density at radius 2 is 2.14 bits per heavy atom. The molecule has 112 valence electrons. The Morgan fingerprint density at radius 3 is 2.86 bits per heavy atom. The van der Waals surface area contributed by atoms with E-state index in [2.05, 4.69) is 15.1 Å². The maximum Gasteiger partial charge on any atom is 0.243 e. The van der Waals surface area contributed by atoms with Crippen molar-refractivity contribution in [3.63, 3.8) is 0 Å². The molecule has 0 radical (unpaired) electrons. The zero-order valence-electron chi connectivity index (χ0n) is 11.6. The van der Waals surface area contributed by atoms with Crippen LogP contribution in [-0.2, 0) is 10.0 Å². The number of para-hydroxylation sites is 1. The van der Waals surface area contributed by atoms with E-state index >= 15 is 0 Å². The first-order valence-corrected chi connectivity index (χ1v) is 8.47. The Balaban J connectivity index is 1.72. The van der Waals surface area contributed by atoms with Crippen LogP contribution in [0.2, 0.25) is 0 Å². The molecule has 1 atom stereocenters. The highest BCUT2D eigenvalue weighted by atomic mass is 32.2. The number of nitrogens with one attached hydrogen (secondary N) is 2. The van der Waals surface area contributed by atoms with Gasteiger partial charge in [-0.05, 0) is 31.5 Å². The van der Waals surface area contributed by atoms with E-state index in [-0.39, 0.29) is 10.9 Å². The Kier molecular flexibility index (Phi) is 4.05. The molecule has 1 fully saturated rings. The lowest BCUT2D eigenvalue weighted by Gasteiger charge is -2.10. The van der Waals surface area contributed by atoms with Crippen LogP contribution in [0.25, 0.3) is 5.69 Å². The quantitative estimate of drug-likeness (QED) is 0.860. The molecule has 7 heteroatoms. The third-order valence-corrected chi connectivity index (χ3v) is 4.95. The van der Waals surface area contributed by atoms with Crippen LogP contribution in [0.5, 0.6) is 0 Å². The Bertz CT molecular complexity index is 691. The number of benzene rings is 1. The van der Waals surface area contributed by atoms with Gasteiger partial charge in [-0.15, -0.1) is 0 Å². The summed E-state index contributed by atoms with van der Waals surface area (Å²) >= 11 is 0. The molecule has 0 spiro atoms. The smallest absolute Gasteiger partial charge is 0.243 e. The molecule has 6 nitrogen and oxygen atoms in total. The van der Waals surface area contributed by atoms with Gasteiger partial charge in [0.25, 0.3) is 0 Å². The third kappa shape index (κ3) is 3.31. The molecule has 0 saturated carbocycles. The summed E-state index contributed by atoms with van der Waals surface area (Å²) in [6.07, 6.45) is 5.00. The number of aromatic nitrogens is 2. The summed E-state index contributed by atoms with van der Waals surface area (Å²) in [7, 11) is -3.51. The normalized spacial score (nSPS) is 19.0. The van der Waals surface area contributed by atoms with Crippen molar-refractivity contribution in [1.29, 1.82) is 0 Å². The van der Waals surface area contributed by atoms with Crippen LogP contribution < -0.4 is 10.0 Å². The predicted molar refractivity (Wildman–Crippen MR) is 79.8 cm³/mol. The van der Waals surface area contributed by atoms with Crippen molar-refractivity contribution in [1.82, 2.24) is 19.8 Å². The van der Waals surface area contributed by atoms with Crippen molar-refractivity contribution >= 4 is 10.0 Å². The molecule has 2 N–H and O–H groups in total. The second-order valence-corrected chi connectivity index (χ2v) is 6.87. The van der Waals surface area contributed by atoms with Gasteiger partial charge in [-0.1, -0.05) is 18.2 Å². The molecule has 2 heterocycles. The van der Waals surface area contributed by atoms with Gasteiger partial charge in [0.2, 0.25) is 10.0 Å². The molecule has 1 unspecified atom stereocenters. The Hall–Kier alpha value is -1.70. The summed E-state index contributed by atoms with van der Waals surface area (Å²) in [6, 6.07) is 9.65. The second kappa shape index (κ2) is 5.97. The first-order valence-electron chi connectivity index (χ1n) is 6.98. The molecule has 2 aromatic rings. The average Bonchev–Trinajstić information content (AvgIpc) is 3.18. The SMILES string of the molecule is O=S(=O)(NCC1CCCN1)c1cnn(-c2ccccc2)c1. The summed E-state index contributed by atoms with van der Waals surface area (Å²) in [5.74, 6) is 0. The van der Waals surface area contributed by atoms with Gasteiger partial charge in [0.15, 0.2) is 0 Å². The van der Waals surface area contributed by atoms with E-state index < -0.39 is 10.0 Å². The summed E-state index contributed by atoms with van der Waals surface area (Å²) in [4.78, 5) is 0.185. The molecule has 1 aliphatic rings. The minimum atomic E-state index is -3.51. The molecule has 21 heavy (non-hydrogen) atoms. The van der Waals surface area contributed by atoms with Crippen molar-refractivity contribution in [2.24, 2.45) is 0 Å². The van der Waals surface area contributed by atoms with Crippen LogP contribution in [0.4, 0.5) is 0 Å². The fourth-order valence-corrected chi connectivity index (χ4v) is 3.40. The molecule has 3 rings (SSSR count). The fourth-order valence-electron chi connectivity index (χ4n) is 2.39. The number of nitrogens with zero attached hydrogens (tertiary/aromatic N) is 2. The summed E-state index contributed by atoms with van der Waals surface area (Å²) in [5, 5.41) is 7.38. The van der Waals surface area contributed by atoms with Crippen molar-refractivity contribution in [3.8, 4) is 5.69 Å². The molecule has 0 amide bonds. The predicted octanol–water partition coefficient (Wildman–Crippen LogP) is 0.903. The highest BCUT2D eigenvalue weighted by molar-refractivity contribution is 7.89. The summed E-state index contributed by atoms with van der Waals surface area (Å²) in [5.41, 5.74) is 0.830. The van der Waals surface area contributed by atoms with E-state index in [0.717, 1.165) is 25.1 Å². The van der Waals surface area contributed by atoms with Gasteiger partial charge in [0.05, 0.1) is 18.1 Å². The van der Waals surface area contributed by atoms with E-state index in [9.17, 15) is 8.42 Å². The molecule has 0 aliphatic carbocycles. The van der Waals surface area contributed by atoms with Crippen LogP contribution in [0.1, 0.15) is 12.8 Å². The highest BCUT2D eigenvalue weighted by Crippen LogP contribution is 2.12. The van der Waals surface area contributed by atoms with Gasteiger partial charge < -0.3 is 5.32 Å². The van der Waals surface area contributed by atoms with Crippen molar-refractivity contribution < 1.29 is 8.42 Å². The fraction of sp³-hybridized carbons (Fsp3) is 0.357. The van der Waals surface area contributed by atoms with Gasteiger partial charge in [-0.3, -0.25) is 0 Å². The van der Waals surface area contributed by atoms with E-state index in [1.807, 2.05) is 30.3 Å². The van der Waals surface area contributed by atoms with E-state index in [0.29, 0.717) is 6.54 Å². The molecular formula is C14H18N4O2S. The van der Waals surface area contributed by atoms with E-state index in [1.54, 1.807) is 4.68 Å². The lowest BCUT2D eigenvalue weighted by molar-refractivity contribution is 0.552. The van der Waals surface area contributed by atoms with Crippen molar-refractivity contribution in [2.75, 3.05) is 13.1 Å². The number of rotatable bonds is 5. The standard InChI is InChI=1S/C14H18N4O2S/c19-21(20,17-9-12-5-4-8-15-12)14-10-16-18(11-14)13-6-2-1-3-7-13/h1-3,6-7,10-12,15,17H,4-5,8-9H2. The maximum absolute atomic E-state index is 12.2. The van der Waals surface area contributed by atoms with Gasteiger partial charge in [0.1, 0.15) is 4.90 Å². The highest BCUT2D eigenvalue weighted by Gasteiger charge is 2.20. The van der Waals surface area contributed by atoms with Gasteiger partial charge in [0, 0.05) is 12.6 Å². The van der Waals surface area contributed by atoms with Crippen LogP contribution in [0.15, 0.2) is 47.6 Å². The molecular weight excluding hydrogens is 288 g/mol. The first kappa shape index (κ1) is 14.2. The maximum atomic E-state index is 12.2. The lowest BCUT2D eigenvalue weighted by atomic mass is 10.2. The molecule has 1 aliphatic heterocycles. The van der Waals surface area contributed by atoms with Crippen LogP contribution in [-0.4, -0.2) is 37.3 Å². The van der Waals surface area contributed by atoms with Gasteiger partial charge >= 0.3 is 0 Å². The Morgan fingerprint density at radius 1 is 1.33 bits per heavy atom. The number of hydrogen-bond donors (Lipinski definition) is 2. The summed E-state index contributed by atoms with van der Waals surface area (Å²) < 4.78 is 28.7. The van der Waals surface area contributed by atoms with Gasteiger partial charge in [-0.2, -0.15) is 5.10 Å². The van der Waals surface area contributed by atoms with Crippen molar-refractivity contribution in [3.05, 3.63) is 42.7 Å². The monoisotopic (exact) mass is 306 g/mol. The minimum absolute atomic E-state index is 0.185. The first-order chi connectivity index (χ1) is 10.1. The molecule has 1 aromatic carbocycles. The average molecular weight is 306 g/mol. The molecule has 1 aromatic heterocycles. The summed E-state index contributed by atoms with van der Waals surface area (Å²) in [6.45, 7) is 1.37. The molecule has 0 bridgehead atoms. The second-order valence-electron chi connectivity index (χ2n) is 5.10. The lowest BCUT2D eigenvalue weighted by Crippen LogP contribution is -2.37. The van der Waals surface area contributed by atoms with E-state index in [1.165, 1.54) is 12.4 Å². The molecule has 1 saturated heterocycles. The van der Waals surface area contributed by atoms with Crippen molar-refractivity contribution in [2.45, 2.75) is 23.8 Å². The van der Waals surface area contributed by atoms with Gasteiger partial charge in [-0.25, -0.2) is 17.8 Å². The topological polar surface area (TPSA) is 76.0 Å². The zero-order chi connectivity index (χ0) is 14.7. The number of hydrogen-bond acceptors (Lipinski definition) is 4. The van der Waals surface area contributed by atoms with Crippen LogP contribution in [0, 0.1) is 0 Å². The largest absolute Gasteiger partial charge is 0.313 e. The van der Waals surface area contributed by atoms with Crippen LogP contribution >= 0.6 is 0 Å². The third-order valence-electron chi connectivity index (χ3n) is 3.57. The Labute approximate surface area is 124 Å². The number of sulfonamides is 1.